The van der Waals surface area contributed by atoms with Crippen molar-refractivity contribution in [3.8, 4) is 0 Å². The lowest BCUT2D eigenvalue weighted by Gasteiger charge is -2.19. The third kappa shape index (κ3) is 4.84. The maximum absolute atomic E-state index is 12.5. The first-order valence-electron chi connectivity index (χ1n) is 8.32. The predicted molar refractivity (Wildman–Crippen MR) is 105 cm³/mol. The van der Waals surface area contributed by atoms with Gasteiger partial charge in [-0.1, -0.05) is 65.7 Å². The van der Waals surface area contributed by atoms with E-state index in [9.17, 15) is 4.79 Å². The predicted octanol–water partition coefficient (Wildman–Crippen LogP) is 5.23. The number of rotatable bonds is 6. The highest BCUT2D eigenvalue weighted by molar-refractivity contribution is 6.35. The number of carbonyl (C=O) groups excluding carboxylic acids is 1. The maximum Gasteiger partial charge on any atom is 0.221 e. The zero-order valence-electron chi connectivity index (χ0n) is 14.0. The third-order valence-electron chi connectivity index (χ3n) is 4.06. The quantitative estimate of drug-likeness (QED) is 0.632. The average molecular weight is 385 g/mol. The van der Waals surface area contributed by atoms with Gasteiger partial charge in [-0.05, 0) is 41.8 Å². The molecular formula is C21H18Cl2N2O. The standard InChI is InChI=1S/C21H18Cl2N2O/c22-17-11-9-15(18(23)14-17)10-12-20(26)25-21(16-6-2-1-3-7-16)19-8-4-5-13-24-19/h1-9,11,13-14,21H,10,12H2,(H,25,26). The van der Waals surface area contributed by atoms with Crippen LogP contribution < -0.4 is 5.32 Å². The summed E-state index contributed by atoms with van der Waals surface area (Å²) >= 11 is 12.1. The van der Waals surface area contributed by atoms with Crippen LogP contribution in [0.3, 0.4) is 0 Å². The van der Waals surface area contributed by atoms with E-state index in [1.54, 1.807) is 18.3 Å². The molecule has 3 rings (SSSR count). The van der Waals surface area contributed by atoms with Crippen LogP contribution in [-0.2, 0) is 11.2 Å². The first-order valence-corrected chi connectivity index (χ1v) is 9.08. The van der Waals surface area contributed by atoms with Crippen LogP contribution in [0.4, 0.5) is 0 Å². The molecule has 2 aromatic carbocycles. The van der Waals surface area contributed by atoms with Crippen LogP contribution in [0.25, 0.3) is 0 Å². The summed E-state index contributed by atoms with van der Waals surface area (Å²) in [4.78, 5) is 16.9. The number of amides is 1. The molecule has 0 aliphatic heterocycles. The van der Waals surface area contributed by atoms with E-state index >= 15 is 0 Å². The Bertz CT molecular complexity index is 830. The van der Waals surface area contributed by atoms with Gasteiger partial charge in [0.25, 0.3) is 0 Å². The molecule has 26 heavy (non-hydrogen) atoms. The molecule has 0 radical (unpaired) electrons. The summed E-state index contributed by atoms with van der Waals surface area (Å²) in [7, 11) is 0. The molecule has 0 fully saturated rings. The van der Waals surface area contributed by atoms with E-state index in [2.05, 4.69) is 10.3 Å². The molecule has 0 aliphatic carbocycles. The minimum absolute atomic E-state index is 0.0597. The number of aromatic nitrogens is 1. The lowest BCUT2D eigenvalue weighted by atomic mass is 10.0. The van der Waals surface area contributed by atoms with Crippen LogP contribution >= 0.6 is 23.2 Å². The number of nitrogens with zero attached hydrogens (tertiary/aromatic N) is 1. The highest BCUT2D eigenvalue weighted by Gasteiger charge is 2.18. The van der Waals surface area contributed by atoms with E-state index in [1.807, 2.05) is 54.6 Å². The molecule has 3 nitrogen and oxygen atoms in total. The first kappa shape index (κ1) is 18.4. The molecule has 0 spiro atoms. The van der Waals surface area contributed by atoms with Crippen LogP contribution in [0.15, 0.2) is 72.9 Å². The molecule has 1 N–H and O–H groups in total. The van der Waals surface area contributed by atoms with Gasteiger partial charge in [-0.15, -0.1) is 0 Å². The van der Waals surface area contributed by atoms with Gasteiger partial charge in [0.2, 0.25) is 5.91 Å². The van der Waals surface area contributed by atoms with Crippen LogP contribution in [0.1, 0.15) is 29.3 Å². The lowest BCUT2D eigenvalue weighted by molar-refractivity contribution is -0.121. The van der Waals surface area contributed by atoms with E-state index in [-0.39, 0.29) is 11.9 Å². The summed E-state index contributed by atoms with van der Waals surface area (Å²) in [5.74, 6) is -0.0597. The number of nitrogens with one attached hydrogen (secondary N) is 1. The molecule has 0 saturated carbocycles. The fourth-order valence-corrected chi connectivity index (χ4v) is 3.23. The van der Waals surface area contributed by atoms with Crippen molar-refractivity contribution in [2.45, 2.75) is 18.9 Å². The summed E-state index contributed by atoms with van der Waals surface area (Å²) in [6, 6.07) is 20.5. The van der Waals surface area contributed by atoms with Gasteiger partial charge in [0.05, 0.1) is 11.7 Å². The van der Waals surface area contributed by atoms with Crippen molar-refractivity contribution in [2.75, 3.05) is 0 Å². The average Bonchev–Trinajstić information content (AvgIpc) is 2.67. The van der Waals surface area contributed by atoms with Gasteiger partial charge in [0.15, 0.2) is 0 Å². The van der Waals surface area contributed by atoms with Crippen LogP contribution in [0.5, 0.6) is 0 Å². The van der Waals surface area contributed by atoms with Gasteiger partial charge in [-0.25, -0.2) is 0 Å². The molecule has 1 unspecified atom stereocenters. The summed E-state index contributed by atoms with van der Waals surface area (Å²) in [5, 5.41) is 4.24. The molecule has 0 saturated heterocycles. The number of pyridine rings is 1. The van der Waals surface area contributed by atoms with Gasteiger partial charge in [0.1, 0.15) is 0 Å². The molecular weight excluding hydrogens is 367 g/mol. The monoisotopic (exact) mass is 384 g/mol. The molecule has 1 heterocycles. The number of halogens is 2. The van der Waals surface area contributed by atoms with Crippen molar-refractivity contribution in [3.63, 3.8) is 0 Å². The van der Waals surface area contributed by atoms with Crippen molar-refractivity contribution >= 4 is 29.1 Å². The number of hydrogen-bond donors (Lipinski definition) is 1. The second-order valence-corrected chi connectivity index (χ2v) is 6.75. The summed E-state index contributed by atoms with van der Waals surface area (Å²) in [6.07, 6.45) is 2.61. The molecule has 1 aromatic heterocycles. The zero-order chi connectivity index (χ0) is 18.4. The normalized spacial score (nSPS) is 11.8. The topological polar surface area (TPSA) is 42.0 Å². The Hall–Kier alpha value is -2.36. The second kappa shape index (κ2) is 8.84. The largest absolute Gasteiger partial charge is 0.344 e. The highest BCUT2D eigenvalue weighted by atomic mass is 35.5. The minimum atomic E-state index is -0.286. The number of aryl methyl sites for hydroxylation is 1. The fourth-order valence-electron chi connectivity index (χ4n) is 2.73. The number of benzene rings is 2. The Balaban J connectivity index is 1.71. The molecule has 1 amide bonds. The van der Waals surface area contributed by atoms with Crippen molar-refractivity contribution in [3.05, 3.63) is 99.8 Å². The molecule has 132 valence electrons. The minimum Gasteiger partial charge on any atom is -0.344 e. The Morgan fingerprint density at radius 2 is 1.77 bits per heavy atom. The van der Waals surface area contributed by atoms with Crippen molar-refractivity contribution in [1.82, 2.24) is 10.3 Å². The lowest BCUT2D eigenvalue weighted by Crippen LogP contribution is -2.30. The molecule has 5 heteroatoms. The smallest absolute Gasteiger partial charge is 0.221 e. The van der Waals surface area contributed by atoms with E-state index in [0.29, 0.717) is 22.9 Å². The highest BCUT2D eigenvalue weighted by Crippen LogP contribution is 2.23. The van der Waals surface area contributed by atoms with Gasteiger partial charge in [-0.3, -0.25) is 9.78 Å². The Kier molecular flexibility index (Phi) is 6.26. The van der Waals surface area contributed by atoms with E-state index in [4.69, 9.17) is 23.2 Å². The summed E-state index contributed by atoms with van der Waals surface area (Å²) in [5.41, 5.74) is 2.70. The Labute approximate surface area is 163 Å². The number of carbonyl (C=O) groups is 1. The van der Waals surface area contributed by atoms with Gasteiger partial charge in [-0.2, -0.15) is 0 Å². The van der Waals surface area contributed by atoms with Gasteiger partial charge in [0, 0.05) is 22.7 Å². The Morgan fingerprint density at radius 3 is 2.46 bits per heavy atom. The van der Waals surface area contributed by atoms with Crippen LogP contribution in [0.2, 0.25) is 10.0 Å². The van der Waals surface area contributed by atoms with Crippen LogP contribution in [0, 0.1) is 0 Å². The second-order valence-electron chi connectivity index (χ2n) is 5.90. The van der Waals surface area contributed by atoms with E-state index < -0.39 is 0 Å². The first-order chi connectivity index (χ1) is 12.6. The molecule has 1 atom stereocenters. The maximum atomic E-state index is 12.5. The van der Waals surface area contributed by atoms with E-state index in [1.165, 1.54) is 0 Å². The van der Waals surface area contributed by atoms with Gasteiger partial charge < -0.3 is 5.32 Å². The van der Waals surface area contributed by atoms with Gasteiger partial charge >= 0.3 is 0 Å². The zero-order valence-corrected chi connectivity index (χ0v) is 15.5. The van der Waals surface area contributed by atoms with Crippen molar-refractivity contribution < 1.29 is 4.79 Å². The third-order valence-corrected chi connectivity index (χ3v) is 4.65. The molecule has 0 bridgehead atoms. The van der Waals surface area contributed by atoms with Crippen molar-refractivity contribution in [2.24, 2.45) is 0 Å². The number of hydrogen-bond acceptors (Lipinski definition) is 2. The van der Waals surface area contributed by atoms with Crippen molar-refractivity contribution in [1.29, 1.82) is 0 Å². The fraction of sp³-hybridized carbons (Fsp3) is 0.143. The Morgan fingerprint density at radius 1 is 1.00 bits per heavy atom. The summed E-state index contributed by atoms with van der Waals surface area (Å²) < 4.78 is 0. The SMILES string of the molecule is O=C(CCc1ccc(Cl)cc1Cl)NC(c1ccccc1)c1ccccn1. The summed E-state index contributed by atoms with van der Waals surface area (Å²) in [6.45, 7) is 0. The molecule has 3 aromatic rings. The van der Waals surface area contributed by atoms with E-state index in [0.717, 1.165) is 16.8 Å². The van der Waals surface area contributed by atoms with Crippen LogP contribution in [-0.4, -0.2) is 10.9 Å². The molecule has 0 aliphatic rings.